The van der Waals surface area contributed by atoms with Gasteiger partial charge < -0.3 is 31.5 Å². The Labute approximate surface area is 290 Å². The lowest BCUT2D eigenvalue weighted by Gasteiger charge is -2.38. The van der Waals surface area contributed by atoms with E-state index in [9.17, 15) is 28.8 Å². The molecule has 12 nitrogen and oxygen atoms in total. The summed E-state index contributed by atoms with van der Waals surface area (Å²) >= 11 is 0. The highest BCUT2D eigenvalue weighted by atomic mass is 16.2. The number of primary amides is 1. The molecule has 1 aromatic carbocycles. The van der Waals surface area contributed by atoms with Gasteiger partial charge in [0.2, 0.25) is 17.6 Å². The van der Waals surface area contributed by atoms with Crippen molar-refractivity contribution in [3.8, 4) is 12.3 Å². The van der Waals surface area contributed by atoms with E-state index in [1.807, 2.05) is 58.8 Å². The molecular weight excluding hydrogens is 624 g/mol. The van der Waals surface area contributed by atoms with Crippen molar-refractivity contribution in [2.24, 2.45) is 34.3 Å². The van der Waals surface area contributed by atoms with Crippen LogP contribution in [0.15, 0.2) is 24.3 Å². The third kappa shape index (κ3) is 9.61. The third-order valence-corrected chi connectivity index (χ3v) is 9.68. The second-order valence-corrected chi connectivity index (χ2v) is 15.7. The number of terminal acetylenes is 1. The molecule has 5 amide bonds. The molecular formula is C37H54N6O6. The average molecular weight is 679 g/mol. The molecule has 1 unspecified atom stereocenters. The van der Waals surface area contributed by atoms with E-state index in [1.54, 1.807) is 32.9 Å². The molecule has 5 atom stereocenters. The number of amides is 5. The molecule has 1 aliphatic heterocycles. The van der Waals surface area contributed by atoms with E-state index >= 15 is 0 Å². The van der Waals surface area contributed by atoms with Crippen LogP contribution in [0.25, 0.3) is 0 Å². The minimum Gasteiger partial charge on any atom is -0.378 e. The van der Waals surface area contributed by atoms with Crippen LogP contribution in [0.5, 0.6) is 0 Å². The first-order chi connectivity index (χ1) is 22.7. The summed E-state index contributed by atoms with van der Waals surface area (Å²) < 4.78 is 0. The molecule has 2 aliphatic rings. The number of nitrogens with zero attached hydrogens (tertiary/aromatic N) is 2. The van der Waals surface area contributed by atoms with Crippen LogP contribution >= 0.6 is 0 Å². The molecule has 0 radical (unpaired) electrons. The number of urea groups is 1. The SMILES string of the molecule is C#CC(C)(C)[C@H]1CCN(C(=O)[C@@H](NC(=O)N[C@H](C(=O)c2ccc(N(C)C)cc2)C(C)C)C(C)(C)C)[C@@H]1C(=O)NC(CC1CC1)C(=O)C(N)=O. The number of nitrogens with one attached hydrogen (secondary N) is 3. The monoisotopic (exact) mass is 678 g/mol. The number of anilines is 1. The Hall–Kier alpha value is -4.40. The first-order valence-electron chi connectivity index (χ1n) is 17.0. The Morgan fingerprint density at radius 3 is 2.02 bits per heavy atom. The van der Waals surface area contributed by atoms with Crippen molar-refractivity contribution in [2.75, 3.05) is 25.5 Å². The van der Waals surface area contributed by atoms with E-state index in [0.29, 0.717) is 12.0 Å². The van der Waals surface area contributed by atoms with Gasteiger partial charge in [-0.15, -0.1) is 12.3 Å². The molecule has 1 saturated carbocycles. The maximum absolute atomic E-state index is 14.4. The van der Waals surface area contributed by atoms with Crippen LogP contribution < -0.4 is 26.6 Å². The summed E-state index contributed by atoms with van der Waals surface area (Å²) in [6.45, 7) is 12.8. The fourth-order valence-corrected chi connectivity index (χ4v) is 6.34. The first-order valence-corrected chi connectivity index (χ1v) is 17.0. The molecule has 49 heavy (non-hydrogen) atoms. The minimum absolute atomic E-state index is 0.176. The molecule has 268 valence electrons. The maximum Gasteiger partial charge on any atom is 0.316 e. The van der Waals surface area contributed by atoms with Crippen molar-refractivity contribution in [3.63, 3.8) is 0 Å². The van der Waals surface area contributed by atoms with E-state index in [-0.39, 0.29) is 30.6 Å². The van der Waals surface area contributed by atoms with Gasteiger partial charge in [0, 0.05) is 43.2 Å². The van der Waals surface area contributed by atoms with Gasteiger partial charge in [-0.05, 0) is 68.2 Å². The molecule has 0 aromatic heterocycles. The number of carbonyl (C=O) groups is 6. The largest absolute Gasteiger partial charge is 0.378 e. The van der Waals surface area contributed by atoms with Crippen molar-refractivity contribution in [1.82, 2.24) is 20.9 Å². The van der Waals surface area contributed by atoms with Crippen molar-refractivity contribution in [1.29, 1.82) is 0 Å². The highest BCUT2D eigenvalue weighted by molar-refractivity contribution is 6.37. The number of nitrogens with two attached hydrogens (primary N) is 1. The van der Waals surface area contributed by atoms with Crippen molar-refractivity contribution in [2.45, 2.75) is 98.3 Å². The summed E-state index contributed by atoms with van der Waals surface area (Å²) in [4.78, 5) is 83.4. The standard InChI is InChI=1S/C37H54N6O6/c1-11-37(7,8)25-18-19-43(28(25)33(47)39-26(20-22-12-13-22)30(45)32(38)46)34(48)31(36(4,5)6)41-35(49)40-27(21(2)3)29(44)23-14-16-24(17-15-23)42(9)10/h1,14-17,21-22,25-28,31H,12-13,18-20H2,2-10H3,(H2,38,46)(H,39,47)(H2,40,41,49)/t25-,26?,27-,28-,31+/m0/s1. The fourth-order valence-electron chi connectivity index (χ4n) is 6.34. The van der Waals surface area contributed by atoms with Crippen LogP contribution in [0.4, 0.5) is 10.5 Å². The van der Waals surface area contributed by atoms with Gasteiger partial charge in [0.05, 0.1) is 12.1 Å². The molecule has 1 heterocycles. The Morgan fingerprint density at radius 1 is 0.959 bits per heavy atom. The minimum atomic E-state index is -1.14. The highest BCUT2D eigenvalue weighted by Gasteiger charge is 2.51. The van der Waals surface area contributed by atoms with Gasteiger partial charge in [0.1, 0.15) is 12.1 Å². The molecule has 2 fully saturated rings. The molecule has 1 saturated heterocycles. The summed E-state index contributed by atoms with van der Waals surface area (Å²) in [5.41, 5.74) is 5.05. The quantitative estimate of drug-likeness (QED) is 0.133. The summed E-state index contributed by atoms with van der Waals surface area (Å²) in [7, 11) is 3.80. The predicted molar refractivity (Wildman–Crippen MR) is 188 cm³/mol. The summed E-state index contributed by atoms with van der Waals surface area (Å²) in [6.07, 6.45) is 8.33. The number of hydrogen-bond acceptors (Lipinski definition) is 7. The second kappa shape index (κ2) is 15.4. The number of carbonyl (C=O) groups excluding carboxylic acids is 6. The van der Waals surface area contributed by atoms with Crippen molar-refractivity contribution in [3.05, 3.63) is 29.8 Å². The Bertz CT molecular complexity index is 1470. The second-order valence-electron chi connectivity index (χ2n) is 15.7. The number of benzene rings is 1. The van der Waals surface area contributed by atoms with E-state index < -0.39 is 70.5 Å². The van der Waals surface area contributed by atoms with Crippen LogP contribution in [0.2, 0.25) is 0 Å². The maximum atomic E-state index is 14.4. The number of ketones is 2. The van der Waals surface area contributed by atoms with Gasteiger partial charge in [-0.3, -0.25) is 24.0 Å². The number of hydrogen-bond donors (Lipinski definition) is 4. The van der Waals surface area contributed by atoms with Gasteiger partial charge in [-0.2, -0.15) is 0 Å². The molecule has 1 aliphatic carbocycles. The highest BCUT2D eigenvalue weighted by Crippen LogP contribution is 2.40. The van der Waals surface area contributed by atoms with Crippen LogP contribution in [-0.2, 0) is 19.2 Å². The topological polar surface area (TPSA) is 171 Å². The van der Waals surface area contributed by atoms with Crippen molar-refractivity contribution < 1.29 is 28.8 Å². The first kappa shape index (κ1) is 39.0. The number of Topliss-reactive ketones (excluding diaryl/α,β-unsaturated/α-hetero) is 2. The number of likely N-dealkylation sites (tertiary alicyclic amines) is 1. The van der Waals surface area contributed by atoms with Gasteiger partial charge >= 0.3 is 6.03 Å². The molecule has 5 N–H and O–H groups in total. The summed E-state index contributed by atoms with van der Waals surface area (Å²) in [5.74, 6) is -1.22. The van der Waals surface area contributed by atoms with Gasteiger partial charge in [0.25, 0.3) is 5.91 Å². The smallest absolute Gasteiger partial charge is 0.316 e. The zero-order valence-corrected chi connectivity index (χ0v) is 30.4. The van der Waals surface area contributed by atoms with E-state index in [0.717, 1.165) is 18.5 Å². The van der Waals surface area contributed by atoms with Gasteiger partial charge in [0.15, 0.2) is 5.78 Å². The Kier molecular flexibility index (Phi) is 12.3. The zero-order chi connectivity index (χ0) is 37.0. The lowest BCUT2D eigenvalue weighted by Crippen LogP contribution is -2.62. The normalized spacial score (nSPS) is 19.7. The van der Waals surface area contributed by atoms with Crippen LogP contribution in [-0.4, -0.2) is 85.0 Å². The van der Waals surface area contributed by atoms with E-state index in [2.05, 4.69) is 21.9 Å². The lowest BCUT2D eigenvalue weighted by molar-refractivity contribution is -0.144. The van der Waals surface area contributed by atoms with E-state index in [1.165, 1.54) is 4.90 Å². The molecule has 12 heteroatoms. The third-order valence-electron chi connectivity index (χ3n) is 9.68. The van der Waals surface area contributed by atoms with Crippen molar-refractivity contribution >= 4 is 41.0 Å². The van der Waals surface area contributed by atoms with Crippen LogP contribution in [0.1, 0.15) is 84.5 Å². The predicted octanol–water partition coefficient (Wildman–Crippen LogP) is 2.89. The molecule has 3 rings (SSSR count). The zero-order valence-electron chi connectivity index (χ0n) is 30.4. The molecule has 0 bridgehead atoms. The summed E-state index contributed by atoms with van der Waals surface area (Å²) in [6, 6.07) is 2.21. The Balaban J connectivity index is 1.88. The van der Waals surface area contributed by atoms with Crippen LogP contribution in [0.3, 0.4) is 0 Å². The molecule has 1 aromatic rings. The fraction of sp³-hybridized carbons (Fsp3) is 0.622. The Morgan fingerprint density at radius 2 is 1.55 bits per heavy atom. The van der Waals surface area contributed by atoms with Gasteiger partial charge in [-0.1, -0.05) is 47.5 Å². The molecule has 0 spiro atoms. The van der Waals surface area contributed by atoms with E-state index in [4.69, 9.17) is 12.2 Å². The number of rotatable bonds is 14. The lowest BCUT2D eigenvalue weighted by atomic mass is 9.75. The van der Waals surface area contributed by atoms with Gasteiger partial charge in [-0.25, -0.2) is 4.79 Å². The summed E-state index contributed by atoms with van der Waals surface area (Å²) in [5, 5.41) is 8.30. The van der Waals surface area contributed by atoms with Crippen LogP contribution in [0, 0.1) is 40.9 Å². The average Bonchev–Trinajstić information content (AvgIpc) is 3.72.